The molecule has 0 aliphatic carbocycles. The Kier molecular flexibility index (Phi) is 8.49. The van der Waals surface area contributed by atoms with E-state index in [4.69, 9.17) is 4.74 Å². The molecular formula is C20H33NO2. The van der Waals surface area contributed by atoms with Crippen LogP contribution in [0.25, 0.3) is 0 Å². The summed E-state index contributed by atoms with van der Waals surface area (Å²) in [6, 6.07) is 8.81. The summed E-state index contributed by atoms with van der Waals surface area (Å²) in [5.41, 5.74) is 2.48. The quantitative estimate of drug-likeness (QED) is 0.613. The van der Waals surface area contributed by atoms with Crippen molar-refractivity contribution in [2.45, 2.75) is 59.5 Å². The number of ketones is 1. The molecule has 0 saturated carbocycles. The number of methoxy groups -OCH3 is 1. The number of nitrogens with zero attached hydrogens (tertiary/aromatic N) is 1. The number of carbonyl (C=O) groups is 1. The van der Waals surface area contributed by atoms with E-state index in [1.54, 1.807) is 7.11 Å². The molecule has 0 bridgehead atoms. The molecule has 1 aromatic carbocycles. The minimum atomic E-state index is -0.0606. The molecule has 0 aromatic heterocycles. The maximum absolute atomic E-state index is 12.8. The summed E-state index contributed by atoms with van der Waals surface area (Å²) in [4.78, 5) is 15.2. The topological polar surface area (TPSA) is 29.5 Å². The van der Waals surface area contributed by atoms with Gasteiger partial charge in [-0.15, -0.1) is 0 Å². The number of ether oxygens (including phenoxy) is 1. The van der Waals surface area contributed by atoms with E-state index in [-0.39, 0.29) is 12.0 Å². The zero-order valence-corrected chi connectivity index (χ0v) is 15.6. The fourth-order valence-electron chi connectivity index (χ4n) is 2.88. The molecule has 0 radical (unpaired) electrons. The van der Waals surface area contributed by atoms with Crippen LogP contribution in [0.2, 0.25) is 0 Å². The van der Waals surface area contributed by atoms with Crippen molar-refractivity contribution in [1.29, 1.82) is 0 Å². The molecule has 0 fully saturated rings. The lowest BCUT2D eigenvalue weighted by molar-refractivity contribution is -0.128. The number of Topliss-reactive ketones (excluding diaryl/α,β-unsaturated/α-hetero) is 1. The highest BCUT2D eigenvalue weighted by atomic mass is 16.5. The molecule has 0 aliphatic heterocycles. The van der Waals surface area contributed by atoms with Gasteiger partial charge in [0.15, 0.2) is 5.78 Å². The Morgan fingerprint density at radius 2 is 1.74 bits per heavy atom. The second-order valence-electron chi connectivity index (χ2n) is 6.94. The van der Waals surface area contributed by atoms with Gasteiger partial charge in [-0.2, -0.15) is 0 Å². The minimum Gasteiger partial charge on any atom is -0.385 e. The number of benzene rings is 1. The van der Waals surface area contributed by atoms with Gasteiger partial charge < -0.3 is 4.74 Å². The molecule has 0 heterocycles. The highest BCUT2D eigenvalue weighted by molar-refractivity contribution is 5.86. The Bertz CT molecular complexity index is 465. The average molecular weight is 319 g/mol. The van der Waals surface area contributed by atoms with Gasteiger partial charge in [-0.1, -0.05) is 43.7 Å². The lowest BCUT2D eigenvalue weighted by atomic mass is 9.93. The third-order valence-corrected chi connectivity index (χ3v) is 4.28. The van der Waals surface area contributed by atoms with Crippen LogP contribution in [0.4, 0.5) is 0 Å². The maximum Gasteiger partial charge on any atom is 0.152 e. The Hall–Kier alpha value is -1.19. The highest BCUT2D eigenvalue weighted by Gasteiger charge is 2.29. The molecule has 130 valence electrons. The molecule has 1 atom stereocenters. The van der Waals surface area contributed by atoms with Crippen molar-refractivity contribution in [3.8, 4) is 0 Å². The van der Waals surface area contributed by atoms with E-state index in [9.17, 15) is 4.79 Å². The largest absolute Gasteiger partial charge is 0.385 e. The van der Waals surface area contributed by atoms with Crippen LogP contribution in [-0.2, 0) is 16.0 Å². The van der Waals surface area contributed by atoms with Crippen molar-refractivity contribution in [1.82, 2.24) is 4.90 Å². The van der Waals surface area contributed by atoms with Crippen LogP contribution >= 0.6 is 0 Å². The lowest BCUT2D eigenvalue weighted by Crippen LogP contribution is -2.48. The summed E-state index contributed by atoms with van der Waals surface area (Å²) < 4.78 is 5.18. The van der Waals surface area contributed by atoms with Crippen LogP contribution in [0.5, 0.6) is 0 Å². The van der Waals surface area contributed by atoms with Crippen LogP contribution < -0.4 is 0 Å². The van der Waals surface area contributed by atoms with Crippen molar-refractivity contribution < 1.29 is 9.53 Å². The van der Waals surface area contributed by atoms with Crippen LogP contribution in [0.15, 0.2) is 24.3 Å². The normalized spacial score (nSPS) is 13.1. The third-order valence-electron chi connectivity index (χ3n) is 4.28. The molecule has 23 heavy (non-hydrogen) atoms. The fraction of sp³-hybridized carbons (Fsp3) is 0.650. The molecule has 0 N–H and O–H groups in total. The summed E-state index contributed by atoms with van der Waals surface area (Å²) in [5, 5.41) is 0. The molecule has 0 aliphatic rings. The van der Waals surface area contributed by atoms with Crippen LogP contribution in [0, 0.1) is 12.8 Å². The summed E-state index contributed by atoms with van der Waals surface area (Å²) in [6.07, 6.45) is 1.73. The van der Waals surface area contributed by atoms with E-state index in [2.05, 4.69) is 49.9 Å². The Balaban J connectivity index is 2.96. The fourth-order valence-corrected chi connectivity index (χ4v) is 2.88. The molecule has 0 spiro atoms. The van der Waals surface area contributed by atoms with E-state index >= 15 is 0 Å². The minimum absolute atomic E-state index is 0.0501. The molecule has 3 nitrogen and oxygen atoms in total. The van der Waals surface area contributed by atoms with Crippen molar-refractivity contribution in [2.75, 3.05) is 20.3 Å². The van der Waals surface area contributed by atoms with E-state index in [0.29, 0.717) is 11.8 Å². The number of carbonyl (C=O) groups excluding carboxylic acids is 1. The maximum atomic E-state index is 12.8. The Morgan fingerprint density at radius 3 is 2.22 bits per heavy atom. The van der Waals surface area contributed by atoms with E-state index in [0.717, 1.165) is 26.0 Å². The predicted molar refractivity (Wildman–Crippen MR) is 96.9 cm³/mol. The first-order valence-corrected chi connectivity index (χ1v) is 8.70. The average Bonchev–Trinajstić information content (AvgIpc) is 2.50. The smallest absolute Gasteiger partial charge is 0.152 e. The van der Waals surface area contributed by atoms with E-state index in [1.807, 2.05) is 13.8 Å². The summed E-state index contributed by atoms with van der Waals surface area (Å²) in [6.45, 7) is 12.0. The van der Waals surface area contributed by atoms with Crippen molar-refractivity contribution in [3.63, 3.8) is 0 Å². The zero-order valence-electron chi connectivity index (χ0n) is 15.6. The van der Waals surface area contributed by atoms with Gasteiger partial charge in [-0.3, -0.25) is 9.69 Å². The predicted octanol–water partition coefficient (Wildman–Crippen LogP) is 3.88. The SMILES string of the molecule is COCCCN(C(C)C)[C@@H](Cc1ccc(C)cc1)C(=O)C(C)C. The molecule has 0 saturated heterocycles. The monoisotopic (exact) mass is 319 g/mol. The summed E-state index contributed by atoms with van der Waals surface area (Å²) in [7, 11) is 1.72. The van der Waals surface area contributed by atoms with Gasteiger partial charge in [-0.05, 0) is 39.2 Å². The number of rotatable bonds is 10. The van der Waals surface area contributed by atoms with Crippen molar-refractivity contribution in [3.05, 3.63) is 35.4 Å². The molecular weight excluding hydrogens is 286 g/mol. The molecule has 3 heteroatoms. The molecule has 1 aromatic rings. The van der Waals surface area contributed by atoms with Gasteiger partial charge in [0, 0.05) is 32.2 Å². The molecule has 1 rings (SSSR count). The summed E-state index contributed by atoms with van der Waals surface area (Å²) in [5.74, 6) is 0.380. The second kappa shape index (κ2) is 9.84. The Labute approximate surface area is 142 Å². The van der Waals surface area contributed by atoms with Crippen molar-refractivity contribution >= 4 is 5.78 Å². The molecule has 0 unspecified atom stereocenters. The van der Waals surface area contributed by atoms with Crippen LogP contribution in [-0.4, -0.2) is 43.0 Å². The number of hydrogen-bond donors (Lipinski definition) is 0. The van der Waals surface area contributed by atoms with Crippen LogP contribution in [0.3, 0.4) is 0 Å². The van der Waals surface area contributed by atoms with Gasteiger partial charge in [0.1, 0.15) is 0 Å². The van der Waals surface area contributed by atoms with E-state index in [1.165, 1.54) is 11.1 Å². The van der Waals surface area contributed by atoms with Gasteiger partial charge in [-0.25, -0.2) is 0 Å². The van der Waals surface area contributed by atoms with Crippen molar-refractivity contribution in [2.24, 2.45) is 5.92 Å². The first-order valence-electron chi connectivity index (χ1n) is 8.70. The van der Waals surface area contributed by atoms with Crippen LogP contribution in [0.1, 0.15) is 45.2 Å². The Morgan fingerprint density at radius 1 is 1.13 bits per heavy atom. The molecule has 0 amide bonds. The van der Waals surface area contributed by atoms with Gasteiger partial charge in [0.25, 0.3) is 0 Å². The second-order valence-corrected chi connectivity index (χ2v) is 6.94. The number of aryl methyl sites for hydroxylation is 1. The lowest BCUT2D eigenvalue weighted by Gasteiger charge is -2.35. The van der Waals surface area contributed by atoms with Gasteiger partial charge >= 0.3 is 0 Å². The summed E-state index contributed by atoms with van der Waals surface area (Å²) >= 11 is 0. The van der Waals surface area contributed by atoms with E-state index < -0.39 is 0 Å². The number of hydrogen-bond acceptors (Lipinski definition) is 3. The zero-order chi connectivity index (χ0) is 17.4. The van der Waals surface area contributed by atoms with Gasteiger partial charge in [0.05, 0.1) is 6.04 Å². The third kappa shape index (κ3) is 6.44. The first-order chi connectivity index (χ1) is 10.9. The highest BCUT2D eigenvalue weighted by Crippen LogP contribution is 2.18. The standard InChI is InChI=1S/C20H33NO2/c1-15(2)20(22)19(14-18-10-8-17(5)9-11-18)21(16(3)4)12-7-13-23-6/h8-11,15-16,19H,7,12-14H2,1-6H3/t19-/m0/s1. The first kappa shape index (κ1) is 19.9. The van der Waals surface area contributed by atoms with Gasteiger partial charge in [0.2, 0.25) is 0 Å².